The topological polar surface area (TPSA) is 24.9 Å². The first-order chi connectivity index (χ1) is 8.95. The molecule has 1 N–H and O–H groups in total. The third-order valence-corrected chi connectivity index (χ3v) is 4.25. The number of nitrogens with one attached hydrogen (secondary N) is 1. The minimum absolute atomic E-state index is 0.00251. The van der Waals surface area contributed by atoms with E-state index < -0.39 is 11.7 Å². The van der Waals surface area contributed by atoms with Crippen molar-refractivity contribution in [1.29, 1.82) is 0 Å². The van der Waals surface area contributed by atoms with Gasteiger partial charge in [-0.05, 0) is 25.0 Å². The van der Waals surface area contributed by atoms with Crippen molar-refractivity contribution in [2.24, 2.45) is 5.41 Å². The van der Waals surface area contributed by atoms with Crippen molar-refractivity contribution < 1.29 is 13.2 Å². The smallest absolute Gasteiger partial charge is 0.369 e. The second kappa shape index (κ2) is 5.57. The zero-order valence-electron chi connectivity index (χ0n) is 10.4. The maximum atomic E-state index is 12.6. The molecule has 1 aliphatic carbocycles. The maximum Gasteiger partial charge on any atom is 0.416 e. The predicted octanol–water partition coefficient (Wildman–Crippen LogP) is 4.31. The highest BCUT2D eigenvalue weighted by Gasteiger charge is 2.33. The Kier molecular flexibility index (Phi) is 4.23. The number of alkyl halides is 4. The van der Waals surface area contributed by atoms with E-state index in [-0.39, 0.29) is 11.2 Å². The Morgan fingerprint density at radius 2 is 2.00 bits per heavy atom. The van der Waals surface area contributed by atoms with Gasteiger partial charge in [0.1, 0.15) is 5.82 Å². The van der Waals surface area contributed by atoms with E-state index in [1.165, 1.54) is 6.20 Å². The number of anilines is 1. The van der Waals surface area contributed by atoms with Gasteiger partial charge in [-0.2, -0.15) is 13.2 Å². The van der Waals surface area contributed by atoms with Crippen molar-refractivity contribution in [3.63, 3.8) is 0 Å². The van der Waals surface area contributed by atoms with Crippen LogP contribution in [0.15, 0.2) is 18.3 Å². The molecule has 0 aliphatic heterocycles. The molecule has 1 aromatic heterocycles. The van der Waals surface area contributed by atoms with Crippen LogP contribution in [0, 0.1) is 5.41 Å². The van der Waals surface area contributed by atoms with Crippen molar-refractivity contribution in [3.05, 3.63) is 23.9 Å². The third-order valence-electron chi connectivity index (χ3n) is 3.68. The van der Waals surface area contributed by atoms with Gasteiger partial charge in [-0.3, -0.25) is 0 Å². The molecule has 0 bridgehead atoms. The first-order valence-corrected chi connectivity index (χ1v) is 6.82. The lowest BCUT2D eigenvalue weighted by molar-refractivity contribution is -0.137. The van der Waals surface area contributed by atoms with Gasteiger partial charge in [0, 0.05) is 24.0 Å². The molecule has 6 heteroatoms. The van der Waals surface area contributed by atoms with Crippen LogP contribution in [-0.2, 0) is 6.18 Å². The van der Waals surface area contributed by atoms with Gasteiger partial charge in [0.15, 0.2) is 0 Å². The lowest BCUT2D eigenvalue weighted by atomic mass is 9.88. The molecule has 106 valence electrons. The van der Waals surface area contributed by atoms with Crippen molar-refractivity contribution in [2.75, 3.05) is 17.7 Å². The zero-order valence-corrected chi connectivity index (χ0v) is 11.2. The normalized spacial score (nSPS) is 18.5. The fraction of sp³-hybridized carbons (Fsp3) is 0.615. The average molecular weight is 293 g/mol. The Balaban J connectivity index is 2.03. The molecule has 0 atom stereocenters. The standard InChI is InChI=1S/C13H16ClF3N2/c14-8-12(4-1-2-5-12)9-19-11-7-10(3-6-18-11)13(15,16)17/h3,6-7H,1-2,4-5,8-9H2,(H,18,19). The summed E-state index contributed by atoms with van der Waals surface area (Å²) < 4.78 is 37.7. The molecular formula is C13H16ClF3N2. The lowest BCUT2D eigenvalue weighted by Gasteiger charge is -2.26. The van der Waals surface area contributed by atoms with Gasteiger partial charge in [0.2, 0.25) is 0 Å². The number of halogens is 4. The molecule has 0 unspecified atom stereocenters. The van der Waals surface area contributed by atoms with E-state index in [2.05, 4.69) is 10.3 Å². The summed E-state index contributed by atoms with van der Waals surface area (Å²) >= 11 is 5.99. The minimum atomic E-state index is -4.34. The van der Waals surface area contributed by atoms with Gasteiger partial charge in [0.05, 0.1) is 5.56 Å². The van der Waals surface area contributed by atoms with Crippen LogP contribution in [0.3, 0.4) is 0 Å². The van der Waals surface area contributed by atoms with E-state index in [0.717, 1.165) is 37.8 Å². The fourth-order valence-electron chi connectivity index (χ4n) is 2.46. The molecule has 0 spiro atoms. The van der Waals surface area contributed by atoms with Crippen LogP contribution in [0.4, 0.5) is 19.0 Å². The van der Waals surface area contributed by atoms with E-state index in [4.69, 9.17) is 11.6 Å². The lowest BCUT2D eigenvalue weighted by Crippen LogP contribution is -2.28. The summed E-state index contributed by atoms with van der Waals surface area (Å²) in [6, 6.07) is 2.01. The van der Waals surface area contributed by atoms with Crippen LogP contribution in [0.25, 0.3) is 0 Å². The van der Waals surface area contributed by atoms with Crippen LogP contribution in [-0.4, -0.2) is 17.4 Å². The number of rotatable bonds is 4. The molecule has 1 aromatic rings. The Bertz CT molecular complexity index is 428. The molecule has 1 saturated carbocycles. The molecule has 1 aliphatic rings. The fourth-order valence-corrected chi connectivity index (χ4v) is 2.83. The summed E-state index contributed by atoms with van der Waals surface area (Å²) in [6.45, 7) is 0.574. The van der Waals surface area contributed by atoms with Crippen LogP contribution < -0.4 is 5.32 Å². The Morgan fingerprint density at radius 1 is 1.32 bits per heavy atom. The van der Waals surface area contributed by atoms with Crippen molar-refractivity contribution in [3.8, 4) is 0 Å². The van der Waals surface area contributed by atoms with E-state index in [1.54, 1.807) is 0 Å². The van der Waals surface area contributed by atoms with Gasteiger partial charge in [-0.25, -0.2) is 4.98 Å². The minimum Gasteiger partial charge on any atom is -0.369 e. The number of aromatic nitrogens is 1. The second-order valence-electron chi connectivity index (χ2n) is 5.12. The summed E-state index contributed by atoms with van der Waals surface area (Å²) in [5, 5.41) is 3.00. The highest BCUT2D eigenvalue weighted by molar-refractivity contribution is 6.18. The van der Waals surface area contributed by atoms with Crippen LogP contribution >= 0.6 is 11.6 Å². The average Bonchev–Trinajstić information content (AvgIpc) is 2.85. The van der Waals surface area contributed by atoms with Gasteiger partial charge >= 0.3 is 6.18 Å². The van der Waals surface area contributed by atoms with Crippen molar-refractivity contribution in [2.45, 2.75) is 31.9 Å². The first-order valence-electron chi connectivity index (χ1n) is 6.28. The van der Waals surface area contributed by atoms with E-state index >= 15 is 0 Å². The third kappa shape index (κ3) is 3.53. The molecule has 1 heterocycles. The van der Waals surface area contributed by atoms with E-state index in [0.29, 0.717) is 12.4 Å². The summed E-state index contributed by atoms with van der Waals surface area (Å²) in [6.07, 6.45) is 1.13. The van der Waals surface area contributed by atoms with Crippen LogP contribution in [0.2, 0.25) is 0 Å². The molecule has 0 radical (unpaired) electrons. The molecule has 0 aromatic carbocycles. The maximum absolute atomic E-state index is 12.6. The number of nitrogens with zero attached hydrogens (tertiary/aromatic N) is 1. The Hall–Kier alpha value is -0.970. The highest BCUT2D eigenvalue weighted by atomic mass is 35.5. The van der Waals surface area contributed by atoms with Gasteiger partial charge in [-0.1, -0.05) is 12.8 Å². The largest absolute Gasteiger partial charge is 0.416 e. The first kappa shape index (κ1) is 14.4. The Labute approximate surface area is 115 Å². The quantitative estimate of drug-likeness (QED) is 0.836. The number of hydrogen-bond donors (Lipinski definition) is 1. The van der Waals surface area contributed by atoms with Gasteiger partial charge < -0.3 is 5.32 Å². The van der Waals surface area contributed by atoms with Gasteiger partial charge in [-0.15, -0.1) is 11.6 Å². The summed E-state index contributed by atoms with van der Waals surface area (Å²) in [5.41, 5.74) is -0.686. The van der Waals surface area contributed by atoms with Crippen molar-refractivity contribution >= 4 is 17.4 Å². The summed E-state index contributed by atoms with van der Waals surface area (Å²) in [5.74, 6) is 0.783. The van der Waals surface area contributed by atoms with E-state index in [9.17, 15) is 13.2 Å². The van der Waals surface area contributed by atoms with Crippen LogP contribution in [0.1, 0.15) is 31.2 Å². The van der Waals surface area contributed by atoms with E-state index in [1.807, 2.05) is 0 Å². The molecule has 1 fully saturated rings. The zero-order chi connectivity index (χ0) is 13.9. The molecule has 2 rings (SSSR count). The molecule has 2 nitrogen and oxygen atoms in total. The number of hydrogen-bond acceptors (Lipinski definition) is 2. The predicted molar refractivity (Wildman–Crippen MR) is 69.3 cm³/mol. The summed E-state index contributed by atoms with van der Waals surface area (Å²) in [7, 11) is 0. The van der Waals surface area contributed by atoms with Crippen LogP contribution in [0.5, 0.6) is 0 Å². The summed E-state index contributed by atoms with van der Waals surface area (Å²) in [4.78, 5) is 3.93. The monoisotopic (exact) mass is 292 g/mol. The van der Waals surface area contributed by atoms with Gasteiger partial charge in [0.25, 0.3) is 0 Å². The molecule has 0 amide bonds. The number of pyridine rings is 1. The SMILES string of the molecule is FC(F)(F)c1ccnc(NCC2(CCl)CCCC2)c1. The molecular weight excluding hydrogens is 277 g/mol. The van der Waals surface area contributed by atoms with Crippen molar-refractivity contribution in [1.82, 2.24) is 4.98 Å². The Morgan fingerprint density at radius 3 is 2.58 bits per heavy atom. The molecule has 0 saturated heterocycles. The molecule has 19 heavy (non-hydrogen) atoms. The highest BCUT2D eigenvalue weighted by Crippen LogP contribution is 2.39. The second-order valence-corrected chi connectivity index (χ2v) is 5.39.